The Balaban J connectivity index is 1.01. The van der Waals surface area contributed by atoms with Crippen molar-refractivity contribution >= 4 is 54.4 Å². The summed E-state index contributed by atoms with van der Waals surface area (Å²) in [6.45, 7) is 0. The number of hydrogen-bond donors (Lipinski definition) is 0. The zero-order valence-corrected chi connectivity index (χ0v) is 33.2. The average molecular weight is 776 g/mol. The van der Waals surface area contributed by atoms with E-state index in [1.165, 1.54) is 66.1 Å². The van der Waals surface area contributed by atoms with Crippen LogP contribution >= 0.6 is 0 Å². The van der Waals surface area contributed by atoms with Crippen molar-refractivity contribution < 1.29 is 0 Å². The van der Waals surface area contributed by atoms with E-state index in [4.69, 9.17) is 9.97 Å². The molecule has 0 amide bonds. The van der Waals surface area contributed by atoms with E-state index < -0.39 is 0 Å². The second-order valence-electron chi connectivity index (χ2n) is 15.8. The maximum absolute atomic E-state index is 5.34. The first-order valence-electron chi connectivity index (χ1n) is 20.8. The Morgan fingerprint density at radius 1 is 0.279 bits per heavy atom. The predicted octanol–water partition coefficient (Wildman–Crippen LogP) is 15.4. The molecule has 2 aromatic heterocycles. The van der Waals surface area contributed by atoms with Gasteiger partial charge in [0, 0.05) is 32.8 Å². The topological polar surface area (TPSA) is 30.7 Å². The first-order valence-corrected chi connectivity index (χ1v) is 20.8. The van der Waals surface area contributed by atoms with Crippen LogP contribution in [-0.2, 0) is 0 Å². The lowest BCUT2D eigenvalue weighted by Crippen LogP contribution is -1.96. The van der Waals surface area contributed by atoms with Gasteiger partial charge in [-0.05, 0) is 91.7 Å². The van der Waals surface area contributed by atoms with Gasteiger partial charge in [-0.2, -0.15) is 0 Å². The number of aromatic nitrogens is 3. The largest absolute Gasteiger partial charge is 0.309 e. The van der Waals surface area contributed by atoms with E-state index in [1.807, 2.05) is 6.20 Å². The Morgan fingerprint density at radius 3 is 1.21 bits per heavy atom. The van der Waals surface area contributed by atoms with E-state index in [0.29, 0.717) is 0 Å². The van der Waals surface area contributed by atoms with Gasteiger partial charge in [0.1, 0.15) is 0 Å². The molecule has 3 nitrogen and oxygen atoms in total. The molecule has 0 fully saturated rings. The second kappa shape index (κ2) is 14.3. The van der Waals surface area contributed by atoms with Gasteiger partial charge in [-0.15, -0.1) is 0 Å². The molecule has 12 rings (SSSR count). The van der Waals surface area contributed by atoms with Crippen LogP contribution < -0.4 is 0 Å². The molecule has 0 saturated carbocycles. The van der Waals surface area contributed by atoms with Gasteiger partial charge in [0.15, 0.2) is 0 Å². The van der Waals surface area contributed by atoms with Crippen molar-refractivity contribution in [3.63, 3.8) is 0 Å². The molecular formula is C58H37N3. The van der Waals surface area contributed by atoms with E-state index in [1.54, 1.807) is 0 Å². The summed E-state index contributed by atoms with van der Waals surface area (Å²) in [5.74, 6) is 0. The van der Waals surface area contributed by atoms with Crippen molar-refractivity contribution in [3.8, 4) is 61.5 Å². The molecule has 0 aliphatic heterocycles. The quantitative estimate of drug-likeness (QED) is 0.158. The van der Waals surface area contributed by atoms with Gasteiger partial charge < -0.3 is 4.57 Å². The molecule has 10 aromatic carbocycles. The number of benzene rings is 10. The Kier molecular flexibility index (Phi) is 8.17. The van der Waals surface area contributed by atoms with E-state index in [0.717, 1.165) is 49.8 Å². The van der Waals surface area contributed by atoms with Crippen LogP contribution in [0.1, 0.15) is 0 Å². The molecule has 0 atom stereocenters. The second-order valence-corrected chi connectivity index (χ2v) is 15.8. The van der Waals surface area contributed by atoms with Crippen molar-refractivity contribution in [2.24, 2.45) is 0 Å². The molecule has 0 N–H and O–H groups in total. The summed E-state index contributed by atoms with van der Waals surface area (Å²) in [5, 5.41) is 7.02. The van der Waals surface area contributed by atoms with Crippen molar-refractivity contribution in [2.75, 3.05) is 0 Å². The minimum Gasteiger partial charge on any atom is -0.309 e. The van der Waals surface area contributed by atoms with Crippen molar-refractivity contribution in [2.45, 2.75) is 0 Å². The van der Waals surface area contributed by atoms with Gasteiger partial charge in [-0.3, -0.25) is 4.98 Å². The summed E-state index contributed by atoms with van der Waals surface area (Å²) in [4.78, 5) is 10.4. The van der Waals surface area contributed by atoms with Crippen molar-refractivity contribution in [1.82, 2.24) is 14.5 Å². The van der Waals surface area contributed by atoms with Crippen LogP contribution in [0.15, 0.2) is 225 Å². The third kappa shape index (κ3) is 5.98. The maximum Gasteiger partial charge on any atom is 0.0979 e. The van der Waals surface area contributed by atoms with Crippen LogP contribution in [0.3, 0.4) is 0 Å². The van der Waals surface area contributed by atoms with Crippen LogP contribution in [0, 0.1) is 0 Å². The highest BCUT2D eigenvalue weighted by atomic mass is 15.0. The van der Waals surface area contributed by atoms with Gasteiger partial charge in [0.2, 0.25) is 0 Å². The predicted molar refractivity (Wildman–Crippen MR) is 256 cm³/mol. The van der Waals surface area contributed by atoms with E-state index in [-0.39, 0.29) is 0 Å². The lowest BCUT2D eigenvalue weighted by molar-refractivity contribution is 1.18. The summed E-state index contributed by atoms with van der Waals surface area (Å²) in [6, 6.07) is 78.6. The summed E-state index contributed by atoms with van der Waals surface area (Å²) in [7, 11) is 0. The summed E-state index contributed by atoms with van der Waals surface area (Å²) < 4.78 is 2.40. The first-order chi connectivity index (χ1) is 30.2. The number of hydrogen-bond acceptors (Lipinski definition) is 2. The molecule has 0 spiro atoms. The molecule has 0 aliphatic rings. The third-order valence-corrected chi connectivity index (χ3v) is 12.2. The number of fused-ring (bicyclic) bond motifs is 9. The molecular weight excluding hydrogens is 739 g/mol. The van der Waals surface area contributed by atoms with Crippen LogP contribution in [-0.4, -0.2) is 14.5 Å². The first kappa shape index (κ1) is 34.9. The highest BCUT2D eigenvalue weighted by Gasteiger charge is 2.17. The van der Waals surface area contributed by atoms with E-state index in [9.17, 15) is 0 Å². The van der Waals surface area contributed by atoms with Gasteiger partial charge in [0.25, 0.3) is 0 Å². The van der Waals surface area contributed by atoms with Gasteiger partial charge in [0.05, 0.1) is 34.0 Å². The molecule has 284 valence electrons. The summed E-state index contributed by atoms with van der Waals surface area (Å²) in [5.41, 5.74) is 16.7. The van der Waals surface area contributed by atoms with Gasteiger partial charge >= 0.3 is 0 Å². The molecule has 0 radical (unpaired) electrons. The van der Waals surface area contributed by atoms with E-state index in [2.05, 4.69) is 223 Å². The normalized spacial score (nSPS) is 11.6. The third-order valence-electron chi connectivity index (χ3n) is 12.2. The Bertz CT molecular complexity index is 3430. The maximum atomic E-state index is 5.34. The standard InChI is InChI=1S/C58H37N3/c1-3-12-38(13-4-1)40-22-26-42(27-23-40)44-30-32-55-52(35-44)53-36-45(43-28-24-41(25-29-43)39-14-5-2-6-15-39)31-33-56(53)61(55)47-17-11-16-46(34-47)54-37-59-57-50-20-9-7-18-48(50)49-19-8-10-21-51(49)58(57)60-54/h1-37H. The number of nitrogens with zero attached hydrogens (tertiary/aromatic N) is 3. The molecule has 12 aromatic rings. The highest BCUT2D eigenvalue weighted by molar-refractivity contribution is 6.23. The minimum absolute atomic E-state index is 0.845. The van der Waals surface area contributed by atoms with Gasteiger partial charge in [-0.1, -0.05) is 182 Å². The molecule has 2 heterocycles. The summed E-state index contributed by atoms with van der Waals surface area (Å²) >= 11 is 0. The van der Waals surface area contributed by atoms with Crippen LogP contribution in [0.25, 0.3) is 116 Å². The molecule has 3 heteroatoms. The van der Waals surface area contributed by atoms with Crippen LogP contribution in [0.5, 0.6) is 0 Å². The monoisotopic (exact) mass is 775 g/mol. The van der Waals surface area contributed by atoms with Crippen molar-refractivity contribution in [1.29, 1.82) is 0 Å². The molecule has 0 bridgehead atoms. The molecule has 0 saturated heterocycles. The van der Waals surface area contributed by atoms with Crippen LogP contribution in [0.4, 0.5) is 0 Å². The lowest BCUT2D eigenvalue weighted by atomic mass is 9.97. The SMILES string of the molecule is c1ccc(-c2ccc(-c3ccc4c(c3)c3cc(-c5ccc(-c6ccccc6)cc5)ccc3n4-c3cccc(-c4cnc5c6ccccc6c6ccccc6c5n4)c3)cc2)cc1. The zero-order chi connectivity index (χ0) is 40.3. The smallest absolute Gasteiger partial charge is 0.0979 e. The molecule has 0 aliphatic carbocycles. The summed E-state index contributed by atoms with van der Waals surface area (Å²) in [6.07, 6.45) is 1.93. The lowest BCUT2D eigenvalue weighted by Gasteiger charge is -2.12. The van der Waals surface area contributed by atoms with Crippen LogP contribution in [0.2, 0.25) is 0 Å². The highest BCUT2D eigenvalue weighted by Crippen LogP contribution is 2.39. The molecule has 61 heavy (non-hydrogen) atoms. The fraction of sp³-hybridized carbons (Fsp3) is 0. The number of rotatable bonds is 6. The van der Waals surface area contributed by atoms with Gasteiger partial charge in [-0.25, -0.2) is 4.98 Å². The fourth-order valence-corrected chi connectivity index (χ4v) is 9.20. The Labute approximate surface area is 353 Å². The minimum atomic E-state index is 0.845. The Hall–Kier alpha value is -8.14. The fourth-order valence-electron chi connectivity index (χ4n) is 9.20. The van der Waals surface area contributed by atoms with Crippen molar-refractivity contribution in [3.05, 3.63) is 225 Å². The van der Waals surface area contributed by atoms with E-state index >= 15 is 0 Å². The molecule has 0 unspecified atom stereocenters. The Morgan fingerprint density at radius 2 is 0.689 bits per heavy atom. The zero-order valence-electron chi connectivity index (χ0n) is 33.2. The average Bonchev–Trinajstić information content (AvgIpc) is 3.67.